The maximum Gasteiger partial charge on any atom is 0.144 e. The molecule has 0 aliphatic carbocycles. The quantitative estimate of drug-likeness (QED) is 0.463. The van der Waals surface area contributed by atoms with E-state index < -0.39 is 16.1 Å². The summed E-state index contributed by atoms with van der Waals surface area (Å²) in [5.41, 5.74) is 4.00. The maximum absolute atomic E-state index is 12.3. The number of para-hydroxylation sites is 1. The Labute approximate surface area is 161 Å². The minimum Gasteiger partial charge on any atom is -0.591 e. The second kappa shape index (κ2) is 7.35. The van der Waals surface area contributed by atoms with Gasteiger partial charge in [-0.25, -0.2) is 4.98 Å². The molecule has 1 atom stereocenters. The van der Waals surface area contributed by atoms with Crippen molar-refractivity contribution in [1.29, 1.82) is 0 Å². The van der Waals surface area contributed by atoms with Crippen LogP contribution in [-0.2, 0) is 11.4 Å². The minimum atomic E-state index is -1.35. The SMILES string of the molecule is Cc1ncccc1-c1nc2c(Cl)cccc2cc1C=N[S+]([O-])C(C)(C)C. The minimum absolute atomic E-state index is 0.422. The monoisotopic (exact) mass is 385 g/mol. The first-order valence-corrected chi connectivity index (χ1v) is 9.73. The van der Waals surface area contributed by atoms with Gasteiger partial charge >= 0.3 is 0 Å². The largest absolute Gasteiger partial charge is 0.591 e. The van der Waals surface area contributed by atoms with Crippen LogP contribution in [-0.4, -0.2) is 25.5 Å². The zero-order valence-corrected chi connectivity index (χ0v) is 16.7. The summed E-state index contributed by atoms with van der Waals surface area (Å²) in [5, 5.41) is 1.50. The summed E-state index contributed by atoms with van der Waals surface area (Å²) in [5.74, 6) is 0. The molecule has 6 heteroatoms. The standard InChI is InChI=1S/C20H20ClN3OS/c1-13-16(8-6-10-22-13)18-15(12-23-26(25)20(2,3)4)11-14-7-5-9-17(21)19(14)24-18/h5-12H,1-4H3. The molecule has 2 aromatic heterocycles. The van der Waals surface area contributed by atoms with E-state index in [0.29, 0.717) is 5.02 Å². The molecule has 0 fully saturated rings. The van der Waals surface area contributed by atoms with E-state index in [1.165, 1.54) is 0 Å². The van der Waals surface area contributed by atoms with Gasteiger partial charge in [-0.1, -0.05) is 28.1 Å². The second-order valence-corrected chi connectivity index (χ2v) is 9.31. The predicted molar refractivity (Wildman–Crippen MR) is 110 cm³/mol. The molecule has 0 spiro atoms. The second-order valence-electron chi connectivity index (χ2n) is 6.97. The van der Waals surface area contributed by atoms with Gasteiger partial charge in [0.05, 0.1) is 22.4 Å². The Bertz CT molecular complexity index is 982. The Kier molecular flexibility index (Phi) is 5.32. The van der Waals surface area contributed by atoms with Crippen LogP contribution in [0.15, 0.2) is 47.0 Å². The fourth-order valence-electron chi connectivity index (χ4n) is 2.49. The van der Waals surface area contributed by atoms with E-state index in [1.54, 1.807) is 12.4 Å². The van der Waals surface area contributed by atoms with Gasteiger partial charge in [0, 0.05) is 28.4 Å². The normalized spacial score (nSPS) is 13.5. The average molecular weight is 386 g/mol. The van der Waals surface area contributed by atoms with Crippen LogP contribution in [0.4, 0.5) is 0 Å². The molecule has 3 aromatic rings. The Balaban J connectivity index is 2.21. The number of nitrogens with zero attached hydrogens (tertiary/aromatic N) is 3. The molecule has 0 saturated carbocycles. The fraction of sp³-hybridized carbons (Fsp3) is 0.250. The van der Waals surface area contributed by atoms with Crippen LogP contribution in [0.3, 0.4) is 0 Å². The number of pyridine rings is 2. The maximum atomic E-state index is 12.3. The molecule has 4 nitrogen and oxygen atoms in total. The molecule has 1 unspecified atom stereocenters. The number of benzene rings is 1. The van der Waals surface area contributed by atoms with E-state index in [4.69, 9.17) is 16.6 Å². The Morgan fingerprint density at radius 2 is 1.96 bits per heavy atom. The number of hydrogen-bond donors (Lipinski definition) is 0. The summed E-state index contributed by atoms with van der Waals surface area (Å²) in [4.78, 5) is 9.14. The number of aryl methyl sites for hydroxylation is 1. The fourth-order valence-corrected chi connectivity index (χ4v) is 3.24. The third-order valence-electron chi connectivity index (χ3n) is 3.90. The first-order chi connectivity index (χ1) is 12.3. The van der Waals surface area contributed by atoms with Gasteiger partial charge in [0.25, 0.3) is 0 Å². The average Bonchev–Trinajstić information content (AvgIpc) is 2.59. The Morgan fingerprint density at radius 3 is 2.65 bits per heavy atom. The summed E-state index contributed by atoms with van der Waals surface area (Å²) in [6, 6.07) is 11.5. The van der Waals surface area contributed by atoms with Gasteiger partial charge in [-0.15, -0.1) is 0 Å². The van der Waals surface area contributed by atoms with Crippen molar-refractivity contribution in [2.24, 2.45) is 4.40 Å². The highest BCUT2D eigenvalue weighted by Gasteiger charge is 2.26. The Hall–Kier alpha value is -1.95. The van der Waals surface area contributed by atoms with Gasteiger partial charge < -0.3 is 4.55 Å². The highest BCUT2D eigenvalue weighted by Crippen LogP contribution is 2.30. The lowest BCUT2D eigenvalue weighted by Gasteiger charge is -2.18. The summed E-state index contributed by atoms with van der Waals surface area (Å²) in [7, 11) is 0. The number of fused-ring (bicyclic) bond motifs is 1. The lowest BCUT2D eigenvalue weighted by atomic mass is 10.0. The van der Waals surface area contributed by atoms with Gasteiger partial charge in [0.15, 0.2) is 0 Å². The molecule has 26 heavy (non-hydrogen) atoms. The highest BCUT2D eigenvalue weighted by atomic mass is 35.5. The zero-order chi connectivity index (χ0) is 18.9. The third kappa shape index (κ3) is 3.90. The topological polar surface area (TPSA) is 61.2 Å². The molecule has 0 amide bonds. The molecule has 0 bridgehead atoms. The molecule has 3 rings (SSSR count). The molecule has 0 N–H and O–H groups in total. The van der Waals surface area contributed by atoms with Gasteiger partial charge in [-0.3, -0.25) is 4.98 Å². The smallest absolute Gasteiger partial charge is 0.144 e. The molecule has 134 valence electrons. The summed E-state index contributed by atoms with van der Waals surface area (Å²) in [6.45, 7) is 7.61. The molecule has 0 aliphatic rings. The number of halogens is 1. The number of rotatable bonds is 3. The van der Waals surface area contributed by atoms with E-state index in [9.17, 15) is 4.55 Å². The lowest BCUT2D eigenvalue weighted by Crippen LogP contribution is -2.25. The summed E-state index contributed by atoms with van der Waals surface area (Å²) < 4.78 is 16.2. The van der Waals surface area contributed by atoms with E-state index in [-0.39, 0.29) is 0 Å². The molecule has 0 saturated heterocycles. The van der Waals surface area contributed by atoms with Crippen molar-refractivity contribution in [3.8, 4) is 11.3 Å². The van der Waals surface area contributed by atoms with Gasteiger partial charge in [0.2, 0.25) is 0 Å². The molecule has 2 heterocycles. The molecule has 0 aliphatic heterocycles. The van der Waals surface area contributed by atoms with E-state index in [0.717, 1.165) is 33.4 Å². The van der Waals surface area contributed by atoms with Gasteiger partial charge in [0.1, 0.15) is 16.1 Å². The van der Waals surface area contributed by atoms with Crippen molar-refractivity contribution >= 4 is 40.1 Å². The first-order valence-electron chi connectivity index (χ1n) is 8.24. The summed E-state index contributed by atoms with van der Waals surface area (Å²) >= 11 is 4.99. The van der Waals surface area contributed by atoms with Crippen LogP contribution < -0.4 is 0 Å². The van der Waals surface area contributed by atoms with Crippen LogP contribution in [0.25, 0.3) is 22.2 Å². The summed E-state index contributed by atoms with van der Waals surface area (Å²) in [6.07, 6.45) is 3.38. The lowest BCUT2D eigenvalue weighted by molar-refractivity contribution is 0.562. The molecule has 0 radical (unpaired) electrons. The van der Waals surface area contributed by atoms with E-state index >= 15 is 0 Å². The van der Waals surface area contributed by atoms with Crippen molar-refractivity contribution in [3.63, 3.8) is 0 Å². The van der Waals surface area contributed by atoms with Crippen LogP contribution in [0.5, 0.6) is 0 Å². The number of hydrogen-bond acceptors (Lipinski definition) is 4. The van der Waals surface area contributed by atoms with Crippen molar-refractivity contribution in [1.82, 2.24) is 9.97 Å². The molecule has 1 aromatic carbocycles. The van der Waals surface area contributed by atoms with Crippen molar-refractivity contribution in [3.05, 3.63) is 58.9 Å². The van der Waals surface area contributed by atoms with Gasteiger partial charge in [-0.05, 0) is 52.0 Å². The Morgan fingerprint density at radius 1 is 1.19 bits per heavy atom. The third-order valence-corrected chi connectivity index (χ3v) is 5.55. The first kappa shape index (κ1) is 18.8. The molecular formula is C20H20ClN3OS. The van der Waals surface area contributed by atoms with Crippen LogP contribution in [0.2, 0.25) is 5.02 Å². The van der Waals surface area contributed by atoms with Crippen LogP contribution in [0, 0.1) is 6.92 Å². The zero-order valence-electron chi connectivity index (χ0n) is 15.2. The van der Waals surface area contributed by atoms with Gasteiger partial charge in [-0.2, -0.15) is 0 Å². The van der Waals surface area contributed by atoms with Crippen molar-refractivity contribution in [2.45, 2.75) is 32.4 Å². The molecular weight excluding hydrogens is 366 g/mol. The highest BCUT2D eigenvalue weighted by molar-refractivity contribution is 7.91. The van der Waals surface area contributed by atoms with Crippen LogP contribution in [0.1, 0.15) is 32.0 Å². The predicted octanol–water partition coefficient (Wildman–Crippen LogP) is 5.14. The van der Waals surface area contributed by atoms with Crippen LogP contribution >= 0.6 is 11.6 Å². The number of aromatic nitrogens is 2. The van der Waals surface area contributed by atoms with Crippen molar-refractivity contribution < 1.29 is 4.55 Å². The van der Waals surface area contributed by atoms with E-state index in [2.05, 4.69) is 9.38 Å². The van der Waals surface area contributed by atoms with E-state index in [1.807, 2.05) is 64.1 Å². The van der Waals surface area contributed by atoms with Crippen molar-refractivity contribution in [2.75, 3.05) is 0 Å².